The van der Waals surface area contributed by atoms with Gasteiger partial charge in [-0.1, -0.05) is 13.0 Å². The van der Waals surface area contributed by atoms with Crippen LogP contribution in [0.2, 0.25) is 0 Å². The van der Waals surface area contributed by atoms with Crippen LogP contribution in [0.3, 0.4) is 0 Å². The molecule has 0 fully saturated rings. The molecule has 3 nitrogen and oxygen atoms in total. The second kappa shape index (κ2) is 5.35. The Labute approximate surface area is 98.4 Å². The van der Waals surface area contributed by atoms with E-state index in [9.17, 15) is 22.0 Å². The van der Waals surface area contributed by atoms with E-state index in [1.54, 1.807) is 6.92 Å². The van der Waals surface area contributed by atoms with E-state index >= 15 is 0 Å². The molecular weight excluding hydrogens is 250 g/mol. The van der Waals surface area contributed by atoms with Crippen molar-refractivity contribution in [3.63, 3.8) is 0 Å². The van der Waals surface area contributed by atoms with Gasteiger partial charge in [-0.3, -0.25) is 4.79 Å². The molecule has 0 spiro atoms. The van der Waals surface area contributed by atoms with Gasteiger partial charge in [0.25, 0.3) is 0 Å². The Bertz CT molecular complexity index is 524. The van der Waals surface area contributed by atoms with Crippen molar-refractivity contribution in [2.45, 2.75) is 19.1 Å². The minimum Gasteiger partial charge on any atom is -0.298 e. The van der Waals surface area contributed by atoms with Crippen LogP contribution in [-0.4, -0.2) is 20.5 Å². The van der Waals surface area contributed by atoms with Gasteiger partial charge in [-0.2, -0.15) is 0 Å². The first-order valence-electron chi connectivity index (χ1n) is 5.03. The third-order valence-corrected chi connectivity index (χ3v) is 4.00. The molecule has 94 valence electrons. The van der Waals surface area contributed by atoms with Crippen LogP contribution in [0.1, 0.15) is 29.3 Å². The summed E-state index contributed by atoms with van der Waals surface area (Å²) < 4.78 is 49.5. The standard InChI is InChI=1S/C11H12F2O3S/c1-2-5-17(15,16)7-8-3-4-10(12)9(6-14)11(8)13/h3-4,6H,2,5,7H2,1H3. The fourth-order valence-corrected chi connectivity index (χ4v) is 2.92. The molecule has 0 aliphatic carbocycles. The van der Waals surface area contributed by atoms with Crippen LogP contribution in [-0.2, 0) is 15.6 Å². The molecule has 0 radical (unpaired) electrons. The highest BCUT2D eigenvalue weighted by atomic mass is 32.2. The van der Waals surface area contributed by atoms with Crippen LogP contribution >= 0.6 is 0 Å². The first-order valence-corrected chi connectivity index (χ1v) is 6.86. The molecule has 6 heteroatoms. The van der Waals surface area contributed by atoms with E-state index in [1.165, 1.54) is 0 Å². The Morgan fingerprint density at radius 3 is 2.47 bits per heavy atom. The fraction of sp³-hybridized carbons (Fsp3) is 0.364. The number of hydrogen-bond donors (Lipinski definition) is 0. The summed E-state index contributed by atoms with van der Waals surface area (Å²) in [7, 11) is -3.42. The van der Waals surface area contributed by atoms with Crippen molar-refractivity contribution >= 4 is 16.1 Å². The maximum atomic E-state index is 13.6. The number of aldehydes is 1. The molecule has 0 saturated carbocycles. The van der Waals surface area contributed by atoms with Gasteiger partial charge >= 0.3 is 0 Å². The predicted octanol–water partition coefficient (Wildman–Crippen LogP) is 2.10. The van der Waals surface area contributed by atoms with Crippen LogP contribution in [0.4, 0.5) is 8.78 Å². The van der Waals surface area contributed by atoms with Crippen molar-refractivity contribution in [2.24, 2.45) is 0 Å². The van der Waals surface area contributed by atoms with E-state index in [4.69, 9.17) is 0 Å². The molecule has 0 heterocycles. The Hall–Kier alpha value is -1.30. The van der Waals surface area contributed by atoms with Crippen LogP contribution in [0, 0.1) is 11.6 Å². The molecule has 0 saturated heterocycles. The number of halogens is 2. The molecule has 0 aliphatic heterocycles. The highest BCUT2D eigenvalue weighted by molar-refractivity contribution is 7.90. The van der Waals surface area contributed by atoms with E-state index in [2.05, 4.69) is 0 Å². The van der Waals surface area contributed by atoms with Crippen LogP contribution in [0.15, 0.2) is 12.1 Å². The Kier molecular flexibility index (Phi) is 4.34. The molecule has 0 atom stereocenters. The number of sulfone groups is 1. The zero-order chi connectivity index (χ0) is 13.1. The number of carbonyl (C=O) groups excluding carboxylic acids is 1. The van der Waals surface area contributed by atoms with Crippen molar-refractivity contribution in [3.05, 3.63) is 34.9 Å². The number of rotatable bonds is 5. The monoisotopic (exact) mass is 262 g/mol. The van der Waals surface area contributed by atoms with E-state index < -0.39 is 32.8 Å². The Balaban J connectivity index is 3.13. The van der Waals surface area contributed by atoms with E-state index in [0.29, 0.717) is 6.42 Å². The lowest BCUT2D eigenvalue weighted by Crippen LogP contribution is -2.11. The van der Waals surface area contributed by atoms with Gasteiger partial charge in [-0.15, -0.1) is 0 Å². The lowest BCUT2D eigenvalue weighted by atomic mass is 10.1. The summed E-state index contributed by atoms with van der Waals surface area (Å²) in [6, 6.07) is 1.94. The van der Waals surface area contributed by atoms with E-state index in [-0.39, 0.29) is 17.6 Å². The lowest BCUT2D eigenvalue weighted by Gasteiger charge is -2.06. The second-order valence-corrected chi connectivity index (χ2v) is 5.83. The molecular formula is C11H12F2O3S. The minimum atomic E-state index is -3.42. The Morgan fingerprint density at radius 1 is 1.29 bits per heavy atom. The summed E-state index contributed by atoms with van der Waals surface area (Å²) >= 11 is 0. The average molecular weight is 262 g/mol. The SMILES string of the molecule is CCCS(=O)(=O)Cc1ccc(F)c(C=O)c1F. The number of carbonyl (C=O) groups is 1. The quantitative estimate of drug-likeness (QED) is 0.763. The van der Waals surface area contributed by atoms with Gasteiger partial charge in [0, 0.05) is 5.56 Å². The summed E-state index contributed by atoms with van der Waals surface area (Å²) in [5.41, 5.74) is -0.906. The minimum absolute atomic E-state index is 0.0423. The average Bonchev–Trinajstić information content (AvgIpc) is 2.23. The molecule has 0 bridgehead atoms. The third kappa shape index (κ3) is 3.33. The summed E-state index contributed by atoms with van der Waals surface area (Å²) in [5, 5.41) is 0. The van der Waals surface area contributed by atoms with Crippen LogP contribution in [0.25, 0.3) is 0 Å². The van der Waals surface area contributed by atoms with Gasteiger partial charge in [0.2, 0.25) is 0 Å². The van der Waals surface area contributed by atoms with Crippen molar-refractivity contribution in [2.75, 3.05) is 5.75 Å². The maximum absolute atomic E-state index is 13.6. The topological polar surface area (TPSA) is 51.2 Å². The first-order chi connectivity index (χ1) is 7.91. The predicted molar refractivity (Wildman–Crippen MR) is 59.5 cm³/mol. The smallest absolute Gasteiger partial charge is 0.155 e. The van der Waals surface area contributed by atoms with Gasteiger partial charge in [0.1, 0.15) is 11.6 Å². The highest BCUT2D eigenvalue weighted by Gasteiger charge is 2.18. The molecule has 0 aromatic heterocycles. The fourth-order valence-electron chi connectivity index (χ4n) is 1.45. The first kappa shape index (κ1) is 13.8. The number of benzene rings is 1. The lowest BCUT2D eigenvalue weighted by molar-refractivity contribution is 0.111. The van der Waals surface area contributed by atoms with Crippen molar-refractivity contribution < 1.29 is 22.0 Å². The summed E-state index contributed by atoms with van der Waals surface area (Å²) in [6.45, 7) is 1.69. The van der Waals surface area contributed by atoms with Crippen LogP contribution in [0.5, 0.6) is 0 Å². The maximum Gasteiger partial charge on any atom is 0.155 e. The molecule has 0 amide bonds. The highest BCUT2D eigenvalue weighted by Crippen LogP contribution is 2.18. The molecule has 1 aromatic carbocycles. The largest absolute Gasteiger partial charge is 0.298 e. The normalized spacial score (nSPS) is 11.5. The van der Waals surface area contributed by atoms with E-state index in [0.717, 1.165) is 12.1 Å². The third-order valence-electron chi connectivity index (χ3n) is 2.21. The summed E-state index contributed by atoms with van der Waals surface area (Å²) in [5.74, 6) is -2.68. The van der Waals surface area contributed by atoms with Crippen molar-refractivity contribution in [1.82, 2.24) is 0 Å². The molecule has 1 rings (SSSR count). The second-order valence-electron chi connectivity index (χ2n) is 3.64. The number of hydrogen-bond acceptors (Lipinski definition) is 3. The Morgan fingerprint density at radius 2 is 1.94 bits per heavy atom. The molecule has 17 heavy (non-hydrogen) atoms. The zero-order valence-corrected chi connectivity index (χ0v) is 10.1. The van der Waals surface area contributed by atoms with Gasteiger partial charge in [-0.05, 0) is 12.5 Å². The molecule has 1 aromatic rings. The van der Waals surface area contributed by atoms with Gasteiger partial charge in [0.05, 0.1) is 17.1 Å². The van der Waals surface area contributed by atoms with Gasteiger partial charge in [-0.25, -0.2) is 17.2 Å². The molecule has 0 unspecified atom stereocenters. The van der Waals surface area contributed by atoms with Crippen molar-refractivity contribution in [3.8, 4) is 0 Å². The van der Waals surface area contributed by atoms with Crippen molar-refractivity contribution in [1.29, 1.82) is 0 Å². The molecule has 0 aliphatic rings. The molecule has 0 N–H and O–H groups in total. The summed E-state index contributed by atoms with van der Waals surface area (Å²) in [6.07, 6.45) is 0.465. The van der Waals surface area contributed by atoms with E-state index in [1.807, 2.05) is 0 Å². The van der Waals surface area contributed by atoms with Crippen LogP contribution < -0.4 is 0 Å². The summed E-state index contributed by atoms with van der Waals surface area (Å²) in [4.78, 5) is 10.5. The van der Waals surface area contributed by atoms with Gasteiger partial charge < -0.3 is 0 Å². The van der Waals surface area contributed by atoms with Gasteiger partial charge in [0.15, 0.2) is 16.1 Å². The zero-order valence-electron chi connectivity index (χ0n) is 9.24.